The Morgan fingerprint density at radius 2 is 1.70 bits per heavy atom. The first-order valence-corrected chi connectivity index (χ1v) is 10.4. The standard InChI is InChI=1S/C19H27N5O9/c1-7-4-23(12-2-8(27)10(5-25)32-12)18(30)21-14(7)15-16(29)17(20)22-19(31)24(15)13-3-9(28)11(6-26)33-13/h4,8-14,25-29H,2-3,5-6H2,1H3,(H,21,30)(H2,20,22,31). The molecule has 2 saturated heterocycles. The van der Waals surface area contributed by atoms with Crippen LogP contribution in [0.1, 0.15) is 37.7 Å². The first-order valence-electron chi connectivity index (χ1n) is 10.4. The normalized spacial score (nSPS) is 34.5. The van der Waals surface area contributed by atoms with Crippen molar-refractivity contribution in [3.63, 3.8) is 0 Å². The molecule has 4 rings (SSSR count). The Morgan fingerprint density at radius 3 is 2.27 bits per heavy atom. The second-order valence-corrected chi connectivity index (χ2v) is 8.28. The average molecular weight is 469 g/mol. The van der Waals surface area contributed by atoms with Gasteiger partial charge >= 0.3 is 11.7 Å². The topological polar surface area (TPSA) is 213 Å². The molecule has 0 spiro atoms. The Bertz CT molecular complexity index is 1010. The van der Waals surface area contributed by atoms with Gasteiger partial charge in [-0.15, -0.1) is 0 Å². The summed E-state index contributed by atoms with van der Waals surface area (Å²) in [5.74, 6) is -0.986. The number of ether oxygens (including phenoxy) is 2. The number of carbonyl (C=O) groups is 1. The van der Waals surface area contributed by atoms with Gasteiger partial charge in [-0.2, -0.15) is 4.98 Å². The van der Waals surface area contributed by atoms with E-state index >= 15 is 0 Å². The van der Waals surface area contributed by atoms with Crippen molar-refractivity contribution in [1.82, 2.24) is 19.8 Å². The van der Waals surface area contributed by atoms with Crippen LogP contribution in [-0.4, -0.2) is 89.9 Å². The van der Waals surface area contributed by atoms with E-state index in [0.717, 1.165) is 4.57 Å². The molecule has 2 amide bonds. The average Bonchev–Trinajstić information content (AvgIpc) is 3.33. The number of aromatic hydroxyl groups is 1. The first kappa shape index (κ1) is 23.4. The predicted molar refractivity (Wildman–Crippen MR) is 109 cm³/mol. The molecular formula is C19H27N5O9. The number of aliphatic hydroxyl groups excluding tert-OH is 4. The lowest BCUT2D eigenvalue weighted by molar-refractivity contribution is -0.0549. The fraction of sp³-hybridized carbons (Fsp3) is 0.632. The van der Waals surface area contributed by atoms with Gasteiger partial charge in [-0.05, 0) is 12.5 Å². The number of anilines is 1. The summed E-state index contributed by atoms with van der Waals surface area (Å²) in [6.45, 7) is 0.751. The minimum Gasteiger partial charge on any atom is -0.503 e. The van der Waals surface area contributed by atoms with E-state index in [1.165, 1.54) is 11.1 Å². The van der Waals surface area contributed by atoms with Crippen molar-refractivity contribution in [1.29, 1.82) is 0 Å². The molecule has 3 aliphatic rings. The van der Waals surface area contributed by atoms with Crippen LogP contribution in [-0.2, 0) is 9.47 Å². The maximum Gasteiger partial charge on any atom is 0.352 e. The number of nitrogens with two attached hydrogens (primary N) is 1. The summed E-state index contributed by atoms with van der Waals surface area (Å²) in [7, 11) is 0. The summed E-state index contributed by atoms with van der Waals surface area (Å²) >= 11 is 0. The zero-order valence-corrected chi connectivity index (χ0v) is 17.7. The van der Waals surface area contributed by atoms with Gasteiger partial charge in [0.2, 0.25) is 0 Å². The third-order valence-electron chi connectivity index (χ3n) is 6.11. The van der Waals surface area contributed by atoms with Crippen LogP contribution in [0.2, 0.25) is 0 Å². The third-order valence-corrected chi connectivity index (χ3v) is 6.11. The van der Waals surface area contributed by atoms with E-state index in [-0.39, 0.29) is 18.5 Å². The Balaban J connectivity index is 1.71. The number of aliphatic hydroxyl groups is 4. The van der Waals surface area contributed by atoms with Crippen LogP contribution in [0, 0.1) is 0 Å². The number of aromatic nitrogens is 2. The number of nitrogen functional groups attached to an aromatic ring is 1. The smallest absolute Gasteiger partial charge is 0.352 e. The zero-order chi connectivity index (χ0) is 24.0. The van der Waals surface area contributed by atoms with Crippen LogP contribution >= 0.6 is 0 Å². The molecule has 7 atom stereocenters. The van der Waals surface area contributed by atoms with E-state index in [9.17, 15) is 35.1 Å². The molecule has 14 nitrogen and oxygen atoms in total. The van der Waals surface area contributed by atoms with Gasteiger partial charge in [0.05, 0.1) is 37.2 Å². The number of nitrogens with one attached hydrogen (secondary N) is 1. The van der Waals surface area contributed by atoms with Gasteiger partial charge in [0.15, 0.2) is 11.6 Å². The highest BCUT2D eigenvalue weighted by atomic mass is 16.5. The summed E-state index contributed by atoms with van der Waals surface area (Å²) in [5.41, 5.74) is 5.23. The number of urea groups is 1. The maximum absolute atomic E-state index is 12.9. The van der Waals surface area contributed by atoms with Crippen molar-refractivity contribution in [2.45, 2.75) is 62.7 Å². The van der Waals surface area contributed by atoms with Crippen LogP contribution in [0.25, 0.3) is 0 Å². The number of hydrogen-bond acceptors (Lipinski definition) is 11. The highest BCUT2D eigenvalue weighted by Crippen LogP contribution is 2.38. The summed E-state index contributed by atoms with van der Waals surface area (Å²) in [4.78, 5) is 30.4. The van der Waals surface area contributed by atoms with Crippen molar-refractivity contribution >= 4 is 11.8 Å². The van der Waals surface area contributed by atoms with Crippen LogP contribution in [0.4, 0.5) is 10.6 Å². The molecule has 33 heavy (non-hydrogen) atoms. The van der Waals surface area contributed by atoms with Crippen LogP contribution in [0.15, 0.2) is 16.6 Å². The van der Waals surface area contributed by atoms with Crippen LogP contribution < -0.4 is 16.7 Å². The zero-order valence-electron chi connectivity index (χ0n) is 17.7. The first-order chi connectivity index (χ1) is 15.7. The molecule has 0 aromatic carbocycles. The van der Waals surface area contributed by atoms with Gasteiger partial charge in [0.1, 0.15) is 24.7 Å². The Kier molecular flexibility index (Phi) is 6.30. The quantitative estimate of drug-likeness (QED) is 0.242. The SMILES string of the molecule is CC1=CN(C2CC(O)C(CO)O2)C(=O)NC1c1c(O)c(N)nc(=O)n1C1CC(O)C(CO)O1. The molecule has 0 aliphatic carbocycles. The minimum atomic E-state index is -1.07. The number of rotatable bonds is 5. The summed E-state index contributed by atoms with van der Waals surface area (Å²) in [6.07, 6.45) is -4.19. The number of nitrogens with zero attached hydrogens (tertiary/aromatic N) is 3. The predicted octanol–water partition coefficient (Wildman–Crippen LogP) is -2.39. The molecule has 0 saturated carbocycles. The van der Waals surface area contributed by atoms with Crippen molar-refractivity contribution < 1.29 is 39.8 Å². The molecule has 1 aromatic rings. The van der Waals surface area contributed by atoms with Gasteiger partial charge < -0.3 is 46.1 Å². The van der Waals surface area contributed by atoms with Crippen LogP contribution in [0.5, 0.6) is 5.75 Å². The van der Waals surface area contributed by atoms with Crippen molar-refractivity contribution in [2.75, 3.05) is 18.9 Å². The van der Waals surface area contributed by atoms with E-state index in [4.69, 9.17) is 15.2 Å². The van der Waals surface area contributed by atoms with Gasteiger partial charge in [-0.25, -0.2) is 9.59 Å². The lowest BCUT2D eigenvalue weighted by atomic mass is 10.0. The molecule has 0 bridgehead atoms. The Labute approximate surface area is 187 Å². The number of hydrogen-bond donors (Lipinski definition) is 7. The van der Waals surface area contributed by atoms with E-state index in [1.807, 2.05) is 0 Å². The van der Waals surface area contributed by atoms with E-state index < -0.39 is 79.4 Å². The number of amides is 2. The molecule has 1 aromatic heterocycles. The van der Waals surface area contributed by atoms with E-state index in [0.29, 0.717) is 5.57 Å². The largest absolute Gasteiger partial charge is 0.503 e. The summed E-state index contributed by atoms with van der Waals surface area (Å²) in [5, 5.41) is 52.1. The highest BCUT2D eigenvalue weighted by Gasteiger charge is 2.43. The molecule has 0 radical (unpaired) electrons. The van der Waals surface area contributed by atoms with Crippen LogP contribution in [0.3, 0.4) is 0 Å². The molecular weight excluding hydrogens is 442 g/mol. The van der Waals surface area contributed by atoms with Gasteiger partial charge in [-0.1, -0.05) is 0 Å². The van der Waals surface area contributed by atoms with E-state index in [1.54, 1.807) is 6.92 Å². The second-order valence-electron chi connectivity index (χ2n) is 8.28. The molecule has 182 valence electrons. The van der Waals surface area contributed by atoms with E-state index in [2.05, 4.69) is 10.3 Å². The highest BCUT2D eigenvalue weighted by molar-refractivity contribution is 5.78. The third kappa shape index (κ3) is 4.05. The maximum atomic E-state index is 12.9. The monoisotopic (exact) mass is 469 g/mol. The van der Waals surface area contributed by atoms with Gasteiger partial charge in [-0.3, -0.25) is 9.47 Å². The number of carbonyl (C=O) groups excluding carboxylic acids is 1. The van der Waals surface area contributed by atoms with Gasteiger partial charge in [0.25, 0.3) is 0 Å². The molecule has 14 heteroatoms. The minimum absolute atomic E-state index is 0.0604. The molecule has 2 fully saturated rings. The van der Waals surface area contributed by atoms with Crippen molar-refractivity contribution in [3.8, 4) is 5.75 Å². The summed E-state index contributed by atoms with van der Waals surface area (Å²) in [6, 6.07) is -1.66. The molecule has 4 heterocycles. The second kappa shape index (κ2) is 8.89. The van der Waals surface area contributed by atoms with Crippen molar-refractivity contribution in [2.24, 2.45) is 0 Å². The molecule has 3 aliphatic heterocycles. The lowest BCUT2D eigenvalue weighted by Crippen LogP contribution is -2.49. The van der Waals surface area contributed by atoms with Crippen molar-refractivity contribution in [3.05, 3.63) is 28.0 Å². The molecule has 8 N–H and O–H groups in total. The summed E-state index contributed by atoms with van der Waals surface area (Å²) < 4.78 is 12.1. The lowest BCUT2D eigenvalue weighted by Gasteiger charge is -2.35. The Hall–Kier alpha value is -2.75. The van der Waals surface area contributed by atoms with Gasteiger partial charge in [0, 0.05) is 19.0 Å². The fourth-order valence-electron chi connectivity index (χ4n) is 4.36. The fourth-order valence-corrected chi connectivity index (χ4v) is 4.36. The Morgan fingerprint density at radius 1 is 1.12 bits per heavy atom. The molecule has 7 unspecified atom stereocenters.